The first-order valence-corrected chi connectivity index (χ1v) is 8.16. The molecule has 3 nitrogen and oxygen atoms in total. The molecule has 0 aliphatic carbocycles. The molecule has 0 amide bonds. The lowest BCUT2D eigenvalue weighted by atomic mass is 9.75. The maximum atomic E-state index is 12.4. The zero-order chi connectivity index (χ0) is 14.4. The van der Waals surface area contributed by atoms with E-state index in [9.17, 15) is 8.42 Å². The van der Waals surface area contributed by atoms with Crippen molar-refractivity contribution in [3.05, 3.63) is 65.7 Å². The number of hydrogen-bond acceptors (Lipinski definition) is 2. The van der Waals surface area contributed by atoms with E-state index in [0.717, 1.165) is 11.1 Å². The second kappa shape index (κ2) is 4.43. The Labute approximate surface area is 119 Å². The molecule has 0 fully saturated rings. The predicted octanol–water partition coefficient (Wildman–Crippen LogP) is 2.88. The van der Waals surface area contributed by atoms with Gasteiger partial charge in [-0.25, -0.2) is 8.42 Å². The maximum absolute atomic E-state index is 12.4. The average Bonchev–Trinajstić information content (AvgIpc) is 2.70. The molecule has 0 saturated carbocycles. The summed E-state index contributed by atoms with van der Waals surface area (Å²) in [7, 11) is -3.46. The van der Waals surface area contributed by atoms with Gasteiger partial charge >= 0.3 is 0 Å². The number of fused-ring (bicyclic) bond motifs is 1. The lowest BCUT2D eigenvalue weighted by Gasteiger charge is -2.34. The van der Waals surface area contributed by atoms with Crippen molar-refractivity contribution in [2.45, 2.75) is 24.3 Å². The molecule has 1 aliphatic heterocycles. The van der Waals surface area contributed by atoms with E-state index in [-0.39, 0.29) is 5.92 Å². The molecule has 0 bridgehead atoms. The summed E-state index contributed by atoms with van der Waals surface area (Å²) in [6.45, 7) is 4.08. The van der Waals surface area contributed by atoms with Gasteiger partial charge in [0.15, 0.2) is 0 Å². The fraction of sp³-hybridized carbons (Fsp3) is 0.250. The van der Waals surface area contributed by atoms with Crippen molar-refractivity contribution >= 4 is 10.0 Å². The number of nitrogens with one attached hydrogen (secondary N) is 1. The number of benzene rings is 2. The van der Waals surface area contributed by atoms with Gasteiger partial charge in [0.25, 0.3) is 0 Å². The third-order valence-electron chi connectivity index (χ3n) is 3.99. The first-order chi connectivity index (χ1) is 9.48. The second-order valence-corrected chi connectivity index (χ2v) is 7.08. The molecule has 0 aromatic heterocycles. The Kier molecular flexibility index (Phi) is 2.96. The van der Waals surface area contributed by atoms with Gasteiger partial charge in [-0.15, -0.1) is 0 Å². The second-order valence-electron chi connectivity index (χ2n) is 5.43. The molecule has 2 aromatic rings. The van der Waals surface area contributed by atoms with Crippen LogP contribution < -0.4 is 4.72 Å². The number of hydrogen-bond donors (Lipinski definition) is 1. The minimum absolute atomic E-state index is 0.100. The summed E-state index contributed by atoms with van der Waals surface area (Å²) in [5.74, 6) is 0.100. The Bertz CT molecular complexity index is 738. The van der Waals surface area contributed by atoms with Gasteiger partial charge in [0, 0.05) is 0 Å². The molecule has 0 saturated heterocycles. The summed E-state index contributed by atoms with van der Waals surface area (Å²) >= 11 is 0. The summed E-state index contributed by atoms with van der Waals surface area (Å²) in [4.78, 5) is 0.387. The van der Waals surface area contributed by atoms with Crippen molar-refractivity contribution in [1.82, 2.24) is 4.72 Å². The summed E-state index contributed by atoms with van der Waals surface area (Å²) < 4.78 is 27.8. The van der Waals surface area contributed by atoms with Crippen LogP contribution in [0.3, 0.4) is 0 Å². The van der Waals surface area contributed by atoms with Crippen LogP contribution in [0.15, 0.2) is 59.5 Å². The van der Waals surface area contributed by atoms with E-state index in [1.165, 1.54) is 0 Å². The maximum Gasteiger partial charge on any atom is 0.242 e. The molecule has 3 rings (SSSR count). The highest BCUT2D eigenvalue weighted by molar-refractivity contribution is 7.89. The Morgan fingerprint density at radius 1 is 0.950 bits per heavy atom. The van der Waals surface area contributed by atoms with Crippen molar-refractivity contribution in [1.29, 1.82) is 0 Å². The van der Waals surface area contributed by atoms with Gasteiger partial charge in [0.05, 0.1) is 10.4 Å². The van der Waals surface area contributed by atoms with Crippen LogP contribution in [0.2, 0.25) is 0 Å². The first-order valence-electron chi connectivity index (χ1n) is 6.67. The minimum Gasteiger partial charge on any atom is -0.207 e. The van der Waals surface area contributed by atoms with E-state index < -0.39 is 15.6 Å². The molecule has 4 heteroatoms. The van der Waals surface area contributed by atoms with Crippen LogP contribution in [0.5, 0.6) is 0 Å². The number of sulfonamides is 1. The Hall–Kier alpha value is -1.65. The molecule has 1 atom stereocenters. The van der Waals surface area contributed by atoms with Crippen LogP contribution in [0.1, 0.15) is 25.0 Å². The van der Waals surface area contributed by atoms with Crippen LogP contribution >= 0.6 is 0 Å². The van der Waals surface area contributed by atoms with Crippen molar-refractivity contribution in [3.8, 4) is 0 Å². The van der Waals surface area contributed by atoms with Crippen molar-refractivity contribution < 1.29 is 8.42 Å². The summed E-state index contributed by atoms with van der Waals surface area (Å²) in [5, 5.41) is 0. The quantitative estimate of drug-likeness (QED) is 0.923. The Balaban J connectivity index is 2.36. The average molecular weight is 287 g/mol. The Morgan fingerprint density at radius 3 is 2.20 bits per heavy atom. The Morgan fingerprint density at radius 2 is 1.55 bits per heavy atom. The molecule has 20 heavy (non-hydrogen) atoms. The first kappa shape index (κ1) is 13.3. The molecule has 1 heterocycles. The van der Waals surface area contributed by atoms with Gasteiger partial charge in [-0.1, -0.05) is 62.4 Å². The van der Waals surface area contributed by atoms with Gasteiger partial charge in [0.2, 0.25) is 10.0 Å². The predicted molar refractivity (Wildman–Crippen MR) is 78.8 cm³/mol. The summed E-state index contributed by atoms with van der Waals surface area (Å²) in [6.07, 6.45) is 0. The van der Waals surface area contributed by atoms with E-state index in [1.807, 2.05) is 56.3 Å². The highest BCUT2D eigenvalue weighted by Crippen LogP contribution is 2.45. The normalized spacial score (nSPS) is 23.8. The van der Waals surface area contributed by atoms with E-state index in [1.54, 1.807) is 12.1 Å². The molecule has 1 N–H and O–H groups in total. The zero-order valence-corrected chi connectivity index (χ0v) is 12.3. The van der Waals surface area contributed by atoms with Crippen molar-refractivity contribution in [2.24, 2.45) is 5.92 Å². The van der Waals surface area contributed by atoms with Gasteiger partial charge in [-0.05, 0) is 23.1 Å². The van der Waals surface area contributed by atoms with Crippen molar-refractivity contribution in [2.75, 3.05) is 0 Å². The van der Waals surface area contributed by atoms with Gasteiger partial charge < -0.3 is 0 Å². The molecule has 0 unspecified atom stereocenters. The van der Waals surface area contributed by atoms with E-state index in [0.29, 0.717) is 4.90 Å². The van der Waals surface area contributed by atoms with Crippen LogP contribution in [-0.2, 0) is 15.6 Å². The van der Waals surface area contributed by atoms with Gasteiger partial charge in [0.1, 0.15) is 0 Å². The smallest absolute Gasteiger partial charge is 0.207 e. The highest BCUT2D eigenvalue weighted by Gasteiger charge is 2.49. The largest absolute Gasteiger partial charge is 0.242 e. The topological polar surface area (TPSA) is 46.2 Å². The van der Waals surface area contributed by atoms with E-state index in [2.05, 4.69) is 4.72 Å². The highest BCUT2D eigenvalue weighted by atomic mass is 32.2. The van der Waals surface area contributed by atoms with E-state index >= 15 is 0 Å². The molecule has 0 radical (unpaired) electrons. The van der Waals surface area contributed by atoms with Crippen LogP contribution in [0.4, 0.5) is 0 Å². The molecule has 104 valence electrons. The van der Waals surface area contributed by atoms with Crippen LogP contribution in [-0.4, -0.2) is 8.42 Å². The fourth-order valence-electron chi connectivity index (χ4n) is 3.03. The monoisotopic (exact) mass is 287 g/mol. The van der Waals surface area contributed by atoms with Crippen molar-refractivity contribution in [3.63, 3.8) is 0 Å². The van der Waals surface area contributed by atoms with Gasteiger partial charge in [-0.3, -0.25) is 0 Å². The molecule has 2 aromatic carbocycles. The third-order valence-corrected chi connectivity index (χ3v) is 5.52. The zero-order valence-electron chi connectivity index (χ0n) is 11.5. The molecular formula is C16H17NO2S. The molecular weight excluding hydrogens is 270 g/mol. The third kappa shape index (κ3) is 1.72. The summed E-state index contributed by atoms with van der Waals surface area (Å²) in [5.41, 5.74) is 1.13. The van der Waals surface area contributed by atoms with Gasteiger partial charge in [-0.2, -0.15) is 4.72 Å². The molecule has 0 spiro atoms. The van der Waals surface area contributed by atoms with Crippen LogP contribution in [0, 0.1) is 5.92 Å². The van der Waals surface area contributed by atoms with E-state index in [4.69, 9.17) is 0 Å². The summed E-state index contributed by atoms with van der Waals surface area (Å²) in [6, 6.07) is 17.0. The van der Waals surface area contributed by atoms with Crippen LogP contribution in [0.25, 0.3) is 0 Å². The fourth-order valence-corrected chi connectivity index (χ4v) is 4.80. The SMILES string of the molecule is CC(C)[C@]1(c2ccccc2)NS(=O)(=O)c2ccccc21. The standard InChI is InChI=1S/C16H17NO2S/c1-12(2)16(13-8-4-3-5-9-13)14-10-6-7-11-15(14)20(18,19)17-16/h3-12,17H,1-2H3/t16-/m1/s1. The lowest BCUT2D eigenvalue weighted by Crippen LogP contribution is -2.44. The minimum atomic E-state index is -3.46. The molecule has 1 aliphatic rings. The number of rotatable bonds is 2. The lowest BCUT2D eigenvalue weighted by molar-refractivity contribution is 0.354.